The SMILES string of the molecule is Cc1cccc(OS(=O)(=O)N(C[C@H](C)O)C[C@@H](O)[C@H](Cc2ccccc2)NC(=O)C[C@H]2C=CCC2)c1. The summed E-state index contributed by atoms with van der Waals surface area (Å²) in [5.41, 5.74) is 1.72. The molecule has 0 fully saturated rings. The summed E-state index contributed by atoms with van der Waals surface area (Å²) in [6.45, 7) is 2.64. The molecule has 1 aliphatic rings. The molecule has 4 atom stereocenters. The minimum Gasteiger partial charge on any atom is -0.392 e. The first-order valence-electron chi connectivity index (χ1n) is 12.2. The lowest BCUT2D eigenvalue weighted by atomic mass is 9.99. The number of rotatable bonds is 13. The van der Waals surface area contributed by atoms with E-state index < -0.39 is 28.6 Å². The summed E-state index contributed by atoms with van der Waals surface area (Å²) in [6.07, 6.45) is 4.32. The third-order valence-electron chi connectivity index (χ3n) is 6.04. The molecule has 0 bridgehead atoms. The van der Waals surface area contributed by atoms with Gasteiger partial charge in [-0.1, -0.05) is 54.6 Å². The van der Waals surface area contributed by atoms with Gasteiger partial charge in [-0.25, -0.2) is 0 Å². The molecule has 9 heteroatoms. The molecule has 36 heavy (non-hydrogen) atoms. The zero-order valence-electron chi connectivity index (χ0n) is 20.8. The van der Waals surface area contributed by atoms with Crippen LogP contribution in [0.5, 0.6) is 5.75 Å². The number of aliphatic hydroxyl groups excluding tert-OH is 2. The lowest BCUT2D eigenvalue weighted by Gasteiger charge is -2.30. The summed E-state index contributed by atoms with van der Waals surface area (Å²) in [5, 5.41) is 24.0. The van der Waals surface area contributed by atoms with Crippen molar-refractivity contribution >= 4 is 16.2 Å². The first kappa shape index (κ1) is 27.9. The van der Waals surface area contributed by atoms with Crippen LogP contribution in [-0.2, 0) is 21.5 Å². The molecular weight excluding hydrogens is 480 g/mol. The van der Waals surface area contributed by atoms with Crippen LogP contribution in [0.1, 0.15) is 37.3 Å². The predicted octanol–water partition coefficient (Wildman–Crippen LogP) is 2.75. The van der Waals surface area contributed by atoms with E-state index in [4.69, 9.17) is 4.18 Å². The van der Waals surface area contributed by atoms with Crippen molar-refractivity contribution < 1.29 is 27.6 Å². The predicted molar refractivity (Wildman–Crippen MR) is 139 cm³/mol. The Balaban J connectivity index is 1.77. The quantitative estimate of drug-likeness (QED) is 0.353. The van der Waals surface area contributed by atoms with E-state index in [1.54, 1.807) is 12.1 Å². The van der Waals surface area contributed by atoms with Gasteiger partial charge in [-0.15, -0.1) is 0 Å². The van der Waals surface area contributed by atoms with Gasteiger partial charge in [0.25, 0.3) is 0 Å². The van der Waals surface area contributed by atoms with Crippen molar-refractivity contribution in [2.75, 3.05) is 13.1 Å². The van der Waals surface area contributed by atoms with Gasteiger partial charge in [0.1, 0.15) is 5.75 Å². The monoisotopic (exact) mass is 516 g/mol. The number of nitrogens with zero attached hydrogens (tertiary/aromatic N) is 1. The minimum atomic E-state index is -4.34. The van der Waals surface area contributed by atoms with E-state index in [2.05, 4.69) is 11.4 Å². The first-order valence-corrected chi connectivity index (χ1v) is 13.6. The fourth-order valence-corrected chi connectivity index (χ4v) is 5.44. The van der Waals surface area contributed by atoms with Crippen LogP contribution in [0.3, 0.4) is 0 Å². The number of aryl methyl sites for hydroxylation is 1. The molecule has 0 unspecified atom stereocenters. The lowest BCUT2D eigenvalue weighted by Crippen LogP contribution is -2.52. The fourth-order valence-electron chi connectivity index (χ4n) is 4.25. The molecule has 3 rings (SSSR count). The molecule has 2 aromatic rings. The summed E-state index contributed by atoms with van der Waals surface area (Å²) < 4.78 is 32.4. The van der Waals surface area contributed by atoms with Crippen LogP contribution in [0.15, 0.2) is 66.7 Å². The molecule has 0 saturated carbocycles. The van der Waals surface area contributed by atoms with E-state index in [1.807, 2.05) is 49.4 Å². The minimum absolute atomic E-state index is 0.138. The molecule has 0 radical (unpaired) electrons. The lowest BCUT2D eigenvalue weighted by molar-refractivity contribution is -0.123. The summed E-state index contributed by atoms with van der Waals surface area (Å²) in [7, 11) is -4.34. The Bertz CT molecular complexity index is 1120. The molecule has 0 aromatic heterocycles. The molecule has 196 valence electrons. The molecule has 8 nitrogen and oxygen atoms in total. The van der Waals surface area contributed by atoms with Crippen molar-refractivity contribution in [3.63, 3.8) is 0 Å². The Hall–Kier alpha value is -2.72. The van der Waals surface area contributed by atoms with Gasteiger partial charge in [-0.05, 0) is 62.3 Å². The Kier molecular flexibility index (Phi) is 10.1. The van der Waals surface area contributed by atoms with Crippen LogP contribution < -0.4 is 9.50 Å². The van der Waals surface area contributed by atoms with E-state index in [0.717, 1.165) is 28.3 Å². The molecular formula is C27H36N2O6S. The second kappa shape index (κ2) is 13.0. The summed E-state index contributed by atoms with van der Waals surface area (Å²) in [4.78, 5) is 12.8. The molecule has 1 amide bonds. The number of carbonyl (C=O) groups is 1. The molecule has 0 aliphatic heterocycles. The number of allylic oxidation sites excluding steroid dienone is 2. The summed E-state index contributed by atoms with van der Waals surface area (Å²) in [5.74, 6) is 0.0978. The molecule has 0 saturated heterocycles. The first-order chi connectivity index (χ1) is 17.1. The van der Waals surface area contributed by atoms with Gasteiger partial charge in [-0.3, -0.25) is 4.79 Å². The van der Waals surface area contributed by atoms with Crippen molar-refractivity contribution in [3.8, 4) is 5.75 Å². The highest BCUT2D eigenvalue weighted by atomic mass is 32.2. The number of amides is 1. The zero-order chi connectivity index (χ0) is 26.1. The average Bonchev–Trinajstić information content (AvgIpc) is 3.31. The number of carbonyl (C=O) groups excluding carboxylic acids is 1. The Morgan fingerprint density at radius 1 is 1.14 bits per heavy atom. The van der Waals surface area contributed by atoms with Gasteiger partial charge in [0.2, 0.25) is 5.91 Å². The average molecular weight is 517 g/mol. The Labute approximate surface area is 213 Å². The number of aliphatic hydroxyl groups is 2. The number of benzene rings is 2. The zero-order valence-corrected chi connectivity index (χ0v) is 21.6. The second-order valence-electron chi connectivity index (χ2n) is 9.42. The number of nitrogens with one attached hydrogen (secondary N) is 1. The summed E-state index contributed by atoms with van der Waals surface area (Å²) >= 11 is 0. The number of hydrogen-bond acceptors (Lipinski definition) is 6. The number of hydrogen-bond donors (Lipinski definition) is 3. The van der Waals surface area contributed by atoms with Gasteiger partial charge >= 0.3 is 10.3 Å². The van der Waals surface area contributed by atoms with Crippen LogP contribution >= 0.6 is 0 Å². The smallest absolute Gasteiger partial charge is 0.385 e. The topological polar surface area (TPSA) is 116 Å². The Morgan fingerprint density at radius 2 is 1.89 bits per heavy atom. The molecule has 3 N–H and O–H groups in total. The van der Waals surface area contributed by atoms with Crippen LogP contribution in [0, 0.1) is 12.8 Å². The molecule has 0 spiro atoms. The van der Waals surface area contributed by atoms with Crippen LogP contribution in [0.25, 0.3) is 0 Å². The van der Waals surface area contributed by atoms with E-state index in [-0.39, 0.29) is 30.7 Å². The standard InChI is InChI=1S/C27H36N2O6S/c1-20-9-8-14-24(15-20)35-36(33,34)29(18-21(2)30)19-26(31)25(16-22-10-4-3-5-11-22)28-27(32)17-23-12-6-7-13-23/h3-6,8-12,14-15,21,23,25-26,30-31H,7,13,16-19H2,1-2H3,(H,28,32)/t21-,23-,25-,26+/m0/s1. The van der Waals surface area contributed by atoms with Crippen LogP contribution in [0.4, 0.5) is 0 Å². The van der Waals surface area contributed by atoms with Gasteiger partial charge in [0, 0.05) is 19.5 Å². The second-order valence-corrected chi connectivity index (χ2v) is 11.0. The van der Waals surface area contributed by atoms with Crippen LogP contribution in [-0.4, -0.2) is 60.2 Å². The van der Waals surface area contributed by atoms with E-state index >= 15 is 0 Å². The van der Waals surface area contributed by atoms with Crippen LogP contribution in [0.2, 0.25) is 0 Å². The van der Waals surface area contributed by atoms with Gasteiger partial charge in [0.15, 0.2) is 0 Å². The van der Waals surface area contributed by atoms with Crippen molar-refractivity contribution in [3.05, 3.63) is 77.9 Å². The van der Waals surface area contributed by atoms with Gasteiger partial charge < -0.3 is 19.7 Å². The maximum atomic E-state index is 13.1. The Morgan fingerprint density at radius 3 is 2.53 bits per heavy atom. The van der Waals surface area contributed by atoms with E-state index in [0.29, 0.717) is 12.8 Å². The van der Waals surface area contributed by atoms with Crippen molar-refractivity contribution in [1.29, 1.82) is 0 Å². The van der Waals surface area contributed by atoms with Crippen molar-refractivity contribution in [1.82, 2.24) is 9.62 Å². The normalized spacial score (nSPS) is 18.1. The fraction of sp³-hybridized carbons (Fsp3) is 0.444. The van der Waals surface area contributed by atoms with Gasteiger partial charge in [0.05, 0.1) is 18.2 Å². The van der Waals surface area contributed by atoms with E-state index in [1.165, 1.54) is 13.0 Å². The largest absolute Gasteiger partial charge is 0.392 e. The molecule has 0 heterocycles. The third-order valence-corrected chi connectivity index (χ3v) is 7.37. The highest BCUT2D eigenvalue weighted by Gasteiger charge is 2.32. The van der Waals surface area contributed by atoms with E-state index in [9.17, 15) is 23.4 Å². The highest BCUT2D eigenvalue weighted by molar-refractivity contribution is 7.84. The van der Waals surface area contributed by atoms with Crippen molar-refractivity contribution in [2.24, 2.45) is 5.92 Å². The van der Waals surface area contributed by atoms with Crippen molar-refractivity contribution in [2.45, 2.75) is 57.8 Å². The molecule has 2 aromatic carbocycles. The maximum absolute atomic E-state index is 13.1. The third kappa shape index (κ3) is 8.74. The maximum Gasteiger partial charge on any atom is 0.385 e. The highest BCUT2D eigenvalue weighted by Crippen LogP contribution is 2.21. The molecule has 1 aliphatic carbocycles. The van der Waals surface area contributed by atoms with Gasteiger partial charge in [-0.2, -0.15) is 12.7 Å². The summed E-state index contributed by atoms with van der Waals surface area (Å²) in [6, 6.07) is 15.2.